The van der Waals surface area contributed by atoms with Gasteiger partial charge in [-0.3, -0.25) is 14.5 Å². The molecule has 38 heavy (non-hydrogen) atoms. The predicted octanol–water partition coefficient (Wildman–Crippen LogP) is 6.50. The normalized spacial score (nSPS) is 15.4. The summed E-state index contributed by atoms with van der Waals surface area (Å²) in [6.07, 6.45) is 0. The van der Waals surface area contributed by atoms with Gasteiger partial charge in [0.2, 0.25) is 11.8 Å². The van der Waals surface area contributed by atoms with E-state index in [9.17, 15) is 9.59 Å². The van der Waals surface area contributed by atoms with Crippen LogP contribution in [0.15, 0.2) is 66.0 Å². The zero-order valence-electron chi connectivity index (χ0n) is 21.5. The molecule has 1 atom stereocenters. The molecule has 1 aliphatic heterocycles. The maximum absolute atomic E-state index is 13.7. The van der Waals surface area contributed by atoms with Gasteiger partial charge in [-0.25, -0.2) is 4.68 Å². The van der Waals surface area contributed by atoms with Crippen molar-refractivity contribution in [2.75, 3.05) is 23.7 Å². The van der Waals surface area contributed by atoms with Crippen molar-refractivity contribution in [1.82, 2.24) is 15.1 Å². The van der Waals surface area contributed by atoms with Gasteiger partial charge in [0.05, 0.1) is 21.6 Å². The van der Waals surface area contributed by atoms with Crippen molar-refractivity contribution >= 4 is 52.3 Å². The number of halogens is 1. The molecule has 0 fully saturated rings. The smallest absolute Gasteiger partial charge is 0.240 e. The average molecular weight is 565 g/mol. The topological polar surface area (TPSA) is 67.2 Å². The third kappa shape index (κ3) is 5.53. The number of aryl methyl sites for hydroxylation is 1. The number of nitrogens with one attached hydrogen (secondary N) is 1. The minimum atomic E-state index is -0.201. The van der Waals surface area contributed by atoms with Crippen LogP contribution in [0.1, 0.15) is 35.8 Å². The van der Waals surface area contributed by atoms with Gasteiger partial charge in [-0.2, -0.15) is 5.10 Å². The van der Waals surface area contributed by atoms with E-state index in [0.29, 0.717) is 23.3 Å². The van der Waals surface area contributed by atoms with Crippen LogP contribution in [0.2, 0.25) is 5.02 Å². The Morgan fingerprint density at radius 3 is 2.63 bits per heavy atom. The fourth-order valence-electron chi connectivity index (χ4n) is 4.43. The Balaban J connectivity index is 1.74. The lowest BCUT2D eigenvalue weighted by Crippen LogP contribution is -2.43. The van der Waals surface area contributed by atoms with Gasteiger partial charge in [0.25, 0.3) is 0 Å². The van der Waals surface area contributed by atoms with Crippen LogP contribution in [0.3, 0.4) is 0 Å². The van der Waals surface area contributed by atoms with E-state index in [0.717, 1.165) is 32.9 Å². The van der Waals surface area contributed by atoms with E-state index in [2.05, 4.69) is 5.32 Å². The predicted molar refractivity (Wildman–Crippen MR) is 158 cm³/mol. The van der Waals surface area contributed by atoms with Crippen LogP contribution in [0.5, 0.6) is 0 Å². The Hall–Kier alpha value is -3.07. The molecule has 5 rings (SSSR count). The highest BCUT2D eigenvalue weighted by Crippen LogP contribution is 2.49. The summed E-state index contributed by atoms with van der Waals surface area (Å²) in [5.41, 5.74) is 4.65. The van der Waals surface area contributed by atoms with E-state index in [1.165, 1.54) is 11.8 Å². The maximum atomic E-state index is 13.7. The largest absolute Gasteiger partial charge is 0.354 e. The molecule has 1 aliphatic rings. The number of rotatable bonds is 7. The van der Waals surface area contributed by atoms with Gasteiger partial charge in [0, 0.05) is 17.1 Å². The van der Waals surface area contributed by atoms with E-state index < -0.39 is 0 Å². The Morgan fingerprint density at radius 1 is 1.16 bits per heavy atom. The van der Waals surface area contributed by atoms with Crippen LogP contribution in [-0.2, 0) is 9.59 Å². The summed E-state index contributed by atoms with van der Waals surface area (Å²) in [7, 11) is 0. The van der Waals surface area contributed by atoms with E-state index in [1.54, 1.807) is 16.2 Å². The molecular weight excluding hydrogens is 536 g/mol. The van der Waals surface area contributed by atoms with Crippen LogP contribution >= 0.6 is 34.7 Å². The molecule has 2 aromatic heterocycles. The lowest BCUT2D eigenvalue weighted by Gasteiger charge is -2.23. The molecule has 4 aromatic rings. The maximum Gasteiger partial charge on any atom is 0.240 e. The highest BCUT2D eigenvalue weighted by atomic mass is 35.5. The van der Waals surface area contributed by atoms with Gasteiger partial charge >= 0.3 is 0 Å². The van der Waals surface area contributed by atoms with Gasteiger partial charge in [-0.15, -0.1) is 23.1 Å². The number of aromatic nitrogens is 2. The van der Waals surface area contributed by atoms with Gasteiger partial charge < -0.3 is 5.32 Å². The van der Waals surface area contributed by atoms with Gasteiger partial charge in [-0.05, 0) is 54.1 Å². The summed E-state index contributed by atoms with van der Waals surface area (Å²) in [5, 5.41) is 10.5. The second kappa shape index (κ2) is 11.4. The Labute approximate surface area is 236 Å². The number of carbonyl (C=O) groups is 2. The molecule has 196 valence electrons. The standard InChI is InChI=1S/C29H29ClN4O2S2/c1-18(2)15-31-24(35)16-33-25(36)17-38-28(20-6-4-7-21(30)14-20)26-27(23-8-5-13-37-23)32-34(29(26)33)22-11-9-19(3)10-12-22/h4-14,18,28H,15-17H2,1-3H3,(H,31,35)/t28-/m1/s1. The van der Waals surface area contributed by atoms with E-state index in [-0.39, 0.29) is 29.4 Å². The number of anilines is 1. The quantitative estimate of drug-likeness (QED) is 0.278. The number of thioether (sulfide) groups is 1. The number of fused-ring (bicyclic) bond motifs is 1. The Morgan fingerprint density at radius 2 is 1.95 bits per heavy atom. The summed E-state index contributed by atoms with van der Waals surface area (Å²) in [6, 6.07) is 19.8. The van der Waals surface area contributed by atoms with Crippen LogP contribution < -0.4 is 10.2 Å². The molecule has 6 nitrogen and oxygen atoms in total. The van der Waals surface area contributed by atoms with E-state index >= 15 is 0 Å². The third-order valence-corrected chi connectivity index (χ3v) is 8.65. The molecule has 0 unspecified atom stereocenters. The molecule has 0 bridgehead atoms. The molecule has 2 amide bonds. The van der Waals surface area contributed by atoms with Crippen molar-refractivity contribution in [2.24, 2.45) is 5.92 Å². The first-order chi connectivity index (χ1) is 18.3. The summed E-state index contributed by atoms with van der Waals surface area (Å²) in [4.78, 5) is 29.3. The number of nitrogens with zero attached hydrogens (tertiary/aromatic N) is 3. The van der Waals surface area contributed by atoms with Gasteiger partial charge in [-0.1, -0.05) is 61.3 Å². The van der Waals surface area contributed by atoms with Crippen molar-refractivity contribution in [1.29, 1.82) is 0 Å². The number of hydrogen-bond acceptors (Lipinski definition) is 5. The summed E-state index contributed by atoms with van der Waals surface area (Å²) in [5.74, 6) is 0.823. The number of thiophene rings is 1. The molecular formula is C29H29ClN4O2S2. The first-order valence-electron chi connectivity index (χ1n) is 12.5. The third-order valence-electron chi connectivity index (χ3n) is 6.28. The molecule has 0 radical (unpaired) electrons. The second-order valence-corrected chi connectivity index (χ2v) is 12.2. The van der Waals surface area contributed by atoms with Crippen LogP contribution in [0.25, 0.3) is 16.3 Å². The van der Waals surface area contributed by atoms with Crippen LogP contribution in [0, 0.1) is 12.8 Å². The van der Waals surface area contributed by atoms with Crippen molar-refractivity contribution in [3.63, 3.8) is 0 Å². The Kier molecular flexibility index (Phi) is 7.93. The monoisotopic (exact) mass is 564 g/mol. The van der Waals surface area contributed by atoms with Crippen molar-refractivity contribution < 1.29 is 9.59 Å². The summed E-state index contributed by atoms with van der Waals surface area (Å²) in [6.45, 7) is 6.59. The van der Waals surface area contributed by atoms with Crippen molar-refractivity contribution in [3.05, 3.63) is 87.8 Å². The van der Waals surface area contributed by atoms with E-state index in [1.807, 2.05) is 91.5 Å². The molecule has 9 heteroatoms. The van der Waals surface area contributed by atoms with Crippen LogP contribution in [0.4, 0.5) is 5.82 Å². The molecule has 0 spiro atoms. The second-order valence-electron chi connectivity index (χ2n) is 9.73. The minimum Gasteiger partial charge on any atom is -0.354 e. The zero-order chi connectivity index (χ0) is 26.8. The fourth-order valence-corrected chi connectivity index (χ4v) is 6.54. The number of hydrogen-bond donors (Lipinski definition) is 1. The molecule has 3 heterocycles. The molecule has 0 saturated carbocycles. The SMILES string of the molecule is Cc1ccc(-n2nc(-c3cccs3)c3c2N(CC(=O)NCC(C)C)C(=O)CS[C@@H]3c2cccc(Cl)c2)cc1. The zero-order valence-corrected chi connectivity index (χ0v) is 23.9. The molecule has 0 saturated heterocycles. The van der Waals surface area contributed by atoms with Gasteiger partial charge in [0.15, 0.2) is 0 Å². The van der Waals surface area contributed by atoms with Crippen LogP contribution in [-0.4, -0.2) is 40.4 Å². The number of carbonyl (C=O) groups excluding carboxylic acids is 2. The summed E-state index contributed by atoms with van der Waals surface area (Å²) >= 11 is 9.55. The lowest BCUT2D eigenvalue weighted by atomic mass is 10.0. The molecule has 2 aromatic carbocycles. The van der Waals surface area contributed by atoms with Gasteiger partial charge in [0.1, 0.15) is 18.1 Å². The highest BCUT2D eigenvalue weighted by Gasteiger charge is 2.38. The van der Waals surface area contributed by atoms with Crippen molar-refractivity contribution in [2.45, 2.75) is 26.0 Å². The first-order valence-corrected chi connectivity index (χ1v) is 14.8. The Bertz CT molecular complexity index is 1450. The molecule has 0 aliphatic carbocycles. The summed E-state index contributed by atoms with van der Waals surface area (Å²) < 4.78 is 1.82. The minimum absolute atomic E-state index is 0.0805. The number of benzene rings is 2. The van der Waals surface area contributed by atoms with E-state index in [4.69, 9.17) is 16.7 Å². The number of amides is 2. The first kappa shape index (κ1) is 26.5. The van der Waals surface area contributed by atoms with Crippen molar-refractivity contribution in [3.8, 4) is 16.3 Å². The fraction of sp³-hybridized carbons (Fsp3) is 0.276. The average Bonchev–Trinajstić information content (AvgIpc) is 3.52. The molecule has 1 N–H and O–H groups in total. The highest BCUT2D eigenvalue weighted by molar-refractivity contribution is 8.00. The lowest BCUT2D eigenvalue weighted by molar-refractivity contribution is -0.123.